The highest BCUT2D eigenvalue weighted by Gasteiger charge is 2.48. The number of piperidine rings is 2. The van der Waals surface area contributed by atoms with Crippen LogP contribution in [0.4, 0.5) is 0 Å². The largest absolute Gasteiger partial charge is 0.494 e. The summed E-state index contributed by atoms with van der Waals surface area (Å²) in [6, 6.07) is 9.38. The number of nitrogens with two attached hydrogens (primary N) is 1. The first-order valence-electron chi connectivity index (χ1n) is 13.0. The van der Waals surface area contributed by atoms with Crippen molar-refractivity contribution in [3.05, 3.63) is 29.8 Å². The van der Waals surface area contributed by atoms with Crippen LogP contribution in [-0.4, -0.2) is 71.4 Å². The molecule has 0 spiro atoms. The van der Waals surface area contributed by atoms with Crippen LogP contribution >= 0.6 is 11.9 Å². The van der Waals surface area contributed by atoms with Gasteiger partial charge in [0.1, 0.15) is 16.1 Å². The van der Waals surface area contributed by atoms with Gasteiger partial charge in [0.05, 0.1) is 6.61 Å². The summed E-state index contributed by atoms with van der Waals surface area (Å²) >= 11 is 1.79. The van der Waals surface area contributed by atoms with Gasteiger partial charge in [-0.25, -0.2) is 4.31 Å². The van der Waals surface area contributed by atoms with Crippen LogP contribution in [0, 0.1) is 0 Å². The fraction of sp³-hybridized carbons (Fsp3) is 0.741. The molecular formula is C27H45N3O3S. The van der Waals surface area contributed by atoms with E-state index in [-0.39, 0.29) is 5.97 Å². The number of ether oxygens (including phenoxy) is 2. The van der Waals surface area contributed by atoms with Crippen LogP contribution in [0.15, 0.2) is 24.3 Å². The number of nitrogens with zero attached hydrogens (tertiary/aromatic N) is 2. The molecule has 34 heavy (non-hydrogen) atoms. The molecule has 1 aromatic rings. The lowest BCUT2D eigenvalue weighted by atomic mass is 9.90. The van der Waals surface area contributed by atoms with E-state index < -0.39 is 10.3 Å². The molecule has 2 heterocycles. The maximum Gasteiger partial charge on any atom is 0.324 e. The summed E-state index contributed by atoms with van der Waals surface area (Å²) in [7, 11) is 1.50. The number of likely N-dealkylation sites (tertiary alicyclic amines) is 1. The highest BCUT2D eigenvalue weighted by Crippen LogP contribution is 2.44. The summed E-state index contributed by atoms with van der Waals surface area (Å²) in [6.07, 6.45) is 6.68. The Morgan fingerprint density at radius 1 is 1.03 bits per heavy atom. The van der Waals surface area contributed by atoms with Crippen molar-refractivity contribution in [2.75, 3.05) is 39.8 Å². The topological polar surface area (TPSA) is 68.0 Å². The van der Waals surface area contributed by atoms with Crippen molar-refractivity contribution in [3.8, 4) is 5.75 Å². The van der Waals surface area contributed by atoms with E-state index in [4.69, 9.17) is 9.47 Å². The highest BCUT2D eigenvalue weighted by atomic mass is 32.2. The number of carbonyl (C=O) groups is 1. The van der Waals surface area contributed by atoms with Crippen LogP contribution in [0.5, 0.6) is 5.75 Å². The fourth-order valence-electron chi connectivity index (χ4n) is 4.92. The van der Waals surface area contributed by atoms with Crippen LogP contribution in [0.1, 0.15) is 77.7 Å². The summed E-state index contributed by atoms with van der Waals surface area (Å²) in [6.45, 7) is 12.7. The van der Waals surface area contributed by atoms with Crippen LogP contribution in [0.2, 0.25) is 0 Å². The van der Waals surface area contributed by atoms with Gasteiger partial charge in [0, 0.05) is 32.2 Å². The van der Waals surface area contributed by atoms with E-state index >= 15 is 0 Å². The van der Waals surface area contributed by atoms with E-state index in [0.717, 1.165) is 63.7 Å². The van der Waals surface area contributed by atoms with Gasteiger partial charge >= 0.3 is 5.97 Å². The van der Waals surface area contributed by atoms with Gasteiger partial charge in [0.25, 0.3) is 0 Å². The molecule has 2 saturated heterocycles. The summed E-state index contributed by atoms with van der Waals surface area (Å²) in [5, 5.41) is 0. The molecule has 3 fully saturated rings. The molecule has 7 heteroatoms. The number of hydrogen-bond acceptors (Lipinski definition) is 7. The van der Waals surface area contributed by atoms with Crippen LogP contribution in [-0.2, 0) is 9.53 Å². The Balaban J connectivity index is 0.00000158. The zero-order valence-electron chi connectivity index (χ0n) is 21.8. The van der Waals surface area contributed by atoms with Gasteiger partial charge in [-0.05, 0) is 96.9 Å². The number of esters is 1. The molecular weight excluding hydrogens is 446 g/mol. The van der Waals surface area contributed by atoms with Gasteiger partial charge < -0.3 is 20.1 Å². The van der Waals surface area contributed by atoms with Gasteiger partial charge in [0.15, 0.2) is 0 Å². The highest BCUT2D eigenvalue weighted by molar-refractivity contribution is 7.99. The first-order chi connectivity index (χ1) is 16.3. The lowest BCUT2D eigenvalue weighted by Crippen LogP contribution is -2.52. The predicted octanol–water partition coefficient (Wildman–Crippen LogP) is 4.83. The van der Waals surface area contributed by atoms with Crippen molar-refractivity contribution in [1.82, 2.24) is 9.21 Å². The number of hydrogen-bond donors (Lipinski definition) is 1. The minimum Gasteiger partial charge on any atom is -0.494 e. The third-order valence-electron chi connectivity index (χ3n) is 6.86. The first kappa shape index (κ1) is 27.3. The molecule has 0 aromatic heterocycles. The van der Waals surface area contributed by atoms with Crippen molar-refractivity contribution in [3.63, 3.8) is 0 Å². The van der Waals surface area contributed by atoms with Crippen molar-refractivity contribution in [2.24, 2.45) is 5.73 Å². The molecule has 4 rings (SSSR count). The number of benzene rings is 1. The average molecular weight is 492 g/mol. The standard InChI is InChI=1S/C26H40N2O3S.CH5N/c1-5-30-23-10-6-20(7-11-23)21-12-16-28(17-13-21)32-26(24(29)31-25(2,3)4)14-18-27(19-15-26)22-8-9-22;1-2/h6-7,10-11,21-22H,5,8-9,12-19H2,1-4H3;2H2,1H3. The van der Waals surface area contributed by atoms with Crippen molar-refractivity contribution in [1.29, 1.82) is 0 Å². The van der Waals surface area contributed by atoms with E-state index in [9.17, 15) is 4.79 Å². The molecule has 0 atom stereocenters. The van der Waals surface area contributed by atoms with E-state index in [1.54, 1.807) is 11.9 Å². The summed E-state index contributed by atoms with van der Waals surface area (Å²) in [5.41, 5.74) is 5.46. The summed E-state index contributed by atoms with van der Waals surface area (Å²) in [4.78, 5) is 16.0. The summed E-state index contributed by atoms with van der Waals surface area (Å²) in [5.74, 6) is 1.51. The Morgan fingerprint density at radius 3 is 2.12 bits per heavy atom. The lowest BCUT2D eigenvalue weighted by molar-refractivity contribution is -0.159. The molecule has 1 aliphatic carbocycles. The van der Waals surface area contributed by atoms with Crippen LogP contribution < -0.4 is 10.5 Å². The maximum atomic E-state index is 13.4. The quantitative estimate of drug-likeness (QED) is 0.433. The minimum atomic E-state index is -0.446. The fourth-order valence-corrected chi connectivity index (χ4v) is 6.29. The molecule has 0 radical (unpaired) electrons. The van der Waals surface area contributed by atoms with Crippen molar-refractivity contribution >= 4 is 17.9 Å². The third kappa shape index (κ3) is 7.36. The Bertz CT molecular complexity index is 760. The Hall–Kier alpha value is -1.28. The second-order valence-corrected chi connectivity index (χ2v) is 12.0. The molecule has 192 valence electrons. The van der Waals surface area contributed by atoms with E-state index in [0.29, 0.717) is 12.5 Å². The first-order valence-corrected chi connectivity index (χ1v) is 13.8. The van der Waals surface area contributed by atoms with Gasteiger partial charge in [-0.3, -0.25) is 4.79 Å². The van der Waals surface area contributed by atoms with E-state index in [1.807, 2.05) is 27.7 Å². The minimum absolute atomic E-state index is 0.0147. The van der Waals surface area contributed by atoms with E-state index in [2.05, 4.69) is 39.2 Å². The molecule has 6 nitrogen and oxygen atoms in total. The molecule has 0 unspecified atom stereocenters. The van der Waals surface area contributed by atoms with Gasteiger partial charge in [-0.2, -0.15) is 0 Å². The number of rotatable bonds is 7. The predicted molar refractivity (Wildman–Crippen MR) is 141 cm³/mol. The normalized spacial score (nSPS) is 21.9. The third-order valence-corrected chi connectivity index (χ3v) is 8.41. The van der Waals surface area contributed by atoms with Crippen molar-refractivity contribution in [2.45, 2.75) is 88.5 Å². The number of carbonyl (C=O) groups excluding carboxylic acids is 1. The average Bonchev–Trinajstić information content (AvgIpc) is 3.67. The second kappa shape index (κ2) is 12.1. The molecule has 1 saturated carbocycles. The maximum absolute atomic E-state index is 13.4. The zero-order chi connectivity index (χ0) is 24.8. The monoisotopic (exact) mass is 491 g/mol. The molecule has 1 aromatic carbocycles. The Labute approximate surface area is 211 Å². The SMILES string of the molecule is CCOc1ccc(C2CCN(SC3(C(=O)OC(C)(C)C)CCN(C4CC4)CC3)CC2)cc1.CN. The van der Waals surface area contributed by atoms with Gasteiger partial charge in [-0.15, -0.1) is 0 Å². The van der Waals surface area contributed by atoms with Gasteiger partial charge in [0.2, 0.25) is 0 Å². The van der Waals surface area contributed by atoms with Crippen LogP contribution in [0.25, 0.3) is 0 Å². The smallest absolute Gasteiger partial charge is 0.324 e. The molecule has 2 aliphatic heterocycles. The molecule has 0 bridgehead atoms. The lowest BCUT2D eigenvalue weighted by Gasteiger charge is -2.44. The Kier molecular flexibility index (Phi) is 9.73. The summed E-state index contributed by atoms with van der Waals surface area (Å²) < 4.78 is 13.5. The zero-order valence-corrected chi connectivity index (χ0v) is 22.7. The van der Waals surface area contributed by atoms with Crippen molar-refractivity contribution < 1.29 is 14.3 Å². The Morgan fingerprint density at radius 2 is 1.62 bits per heavy atom. The molecule has 0 amide bonds. The molecule has 3 aliphatic rings. The molecule has 2 N–H and O–H groups in total. The second-order valence-electron chi connectivity index (χ2n) is 10.6. The van der Waals surface area contributed by atoms with E-state index in [1.165, 1.54) is 25.5 Å². The van der Waals surface area contributed by atoms with Crippen LogP contribution in [0.3, 0.4) is 0 Å². The van der Waals surface area contributed by atoms with Gasteiger partial charge in [-0.1, -0.05) is 24.1 Å².